The van der Waals surface area contributed by atoms with Crippen LogP contribution in [0.25, 0.3) is 0 Å². The molecule has 2 aromatic rings. The number of fused-ring (bicyclic) bond motifs is 1. The van der Waals surface area contributed by atoms with E-state index in [4.69, 9.17) is 14.2 Å². The highest BCUT2D eigenvalue weighted by atomic mass is 32.2. The number of carbonyl (C=O) groups is 3. The van der Waals surface area contributed by atoms with Crippen LogP contribution in [0.3, 0.4) is 0 Å². The zero-order valence-electron chi connectivity index (χ0n) is 15.5. The van der Waals surface area contributed by atoms with Gasteiger partial charge in [-0.2, -0.15) is 0 Å². The Morgan fingerprint density at radius 2 is 2.00 bits per heavy atom. The summed E-state index contributed by atoms with van der Waals surface area (Å²) in [7, 11) is 1.52. The first kappa shape index (κ1) is 19.1. The number of amides is 3. The van der Waals surface area contributed by atoms with Gasteiger partial charge in [-0.25, -0.2) is 4.90 Å². The lowest BCUT2D eigenvalue weighted by molar-refractivity contribution is -0.121. The van der Waals surface area contributed by atoms with E-state index in [0.29, 0.717) is 28.6 Å². The molecule has 0 aromatic heterocycles. The van der Waals surface area contributed by atoms with E-state index in [9.17, 15) is 14.4 Å². The first-order valence-corrected chi connectivity index (χ1v) is 9.92. The van der Waals surface area contributed by atoms with Crippen LogP contribution in [0.5, 0.6) is 17.2 Å². The van der Waals surface area contributed by atoms with Crippen LogP contribution < -0.4 is 24.4 Å². The second-order valence-electron chi connectivity index (χ2n) is 6.36. The number of carbonyl (C=O) groups excluding carboxylic acids is 3. The van der Waals surface area contributed by atoms with E-state index in [2.05, 4.69) is 5.32 Å². The number of nitrogens with one attached hydrogen (secondary N) is 1. The van der Waals surface area contributed by atoms with Crippen molar-refractivity contribution >= 4 is 40.9 Å². The standard InChI is InChI=1S/C20H18N2O6S/c1-26-14-5-3-2-4-13(14)21-18(23)10-29-17-9-19(24)22(20(17)25)12-6-7-15-16(8-12)28-11-27-15/h2-8,17H,9-11H2,1H3,(H,21,23)/t17-/m1/s1. The molecule has 2 aliphatic rings. The van der Waals surface area contributed by atoms with E-state index in [1.807, 2.05) is 0 Å². The van der Waals surface area contributed by atoms with Gasteiger partial charge in [0.05, 0.1) is 29.5 Å². The molecule has 1 N–H and O–H groups in total. The largest absolute Gasteiger partial charge is 0.495 e. The third-order valence-corrected chi connectivity index (χ3v) is 5.72. The summed E-state index contributed by atoms with van der Waals surface area (Å²) >= 11 is 1.14. The van der Waals surface area contributed by atoms with Crippen LogP contribution in [0.1, 0.15) is 6.42 Å². The van der Waals surface area contributed by atoms with Gasteiger partial charge in [-0.1, -0.05) is 12.1 Å². The minimum atomic E-state index is -0.614. The second kappa shape index (κ2) is 8.04. The van der Waals surface area contributed by atoms with Gasteiger partial charge in [0.25, 0.3) is 0 Å². The van der Waals surface area contributed by atoms with Crippen LogP contribution in [-0.2, 0) is 14.4 Å². The molecule has 0 aliphatic carbocycles. The molecule has 4 rings (SSSR count). The van der Waals surface area contributed by atoms with Gasteiger partial charge in [0.2, 0.25) is 24.5 Å². The number of thioether (sulfide) groups is 1. The first-order chi connectivity index (χ1) is 14.1. The van der Waals surface area contributed by atoms with E-state index in [1.54, 1.807) is 42.5 Å². The Hall–Kier alpha value is -3.20. The molecule has 2 aliphatic heterocycles. The van der Waals surface area contributed by atoms with Gasteiger partial charge in [0.1, 0.15) is 5.75 Å². The molecule has 1 fully saturated rings. The van der Waals surface area contributed by atoms with E-state index >= 15 is 0 Å². The fraction of sp³-hybridized carbons (Fsp3) is 0.250. The van der Waals surface area contributed by atoms with Crippen LogP contribution in [0, 0.1) is 0 Å². The molecule has 2 aromatic carbocycles. The molecule has 0 spiro atoms. The van der Waals surface area contributed by atoms with Crippen molar-refractivity contribution in [1.82, 2.24) is 0 Å². The maximum atomic E-state index is 12.7. The van der Waals surface area contributed by atoms with E-state index in [0.717, 1.165) is 16.7 Å². The molecule has 0 unspecified atom stereocenters. The van der Waals surface area contributed by atoms with Crippen LogP contribution in [0.2, 0.25) is 0 Å². The number of methoxy groups -OCH3 is 1. The van der Waals surface area contributed by atoms with Gasteiger partial charge in [0, 0.05) is 12.5 Å². The zero-order chi connectivity index (χ0) is 20.4. The highest BCUT2D eigenvalue weighted by Gasteiger charge is 2.40. The lowest BCUT2D eigenvalue weighted by Crippen LogP contribution is -2.31. The first-order valence-electron chi connectivity index (χ1n) is 8.87. The number of imide groups is 1. The van der Waals surface area contributed by atoms with Gasteiger partial charge < -0.3 is 19.5 Å². The van der Waals surface area contributed by atoms with Crippen molar-refractivity contribution in [3.63, 3.8) is 0 Å². The molecule has 3 amide bonds. The Morgan fingerprint density at radius 3 is 2.83 bits per heavy atom. The number of hydrogen-bond acceptors (Lipinski definition) is 7. The van der Waals surface area contributed by atoms with Crippen LogP contribution in [0.15, 0.2) is 42.5 Å². The molecule has 2 heterocycles. The molecule has 0 radical (unpaired) electrons. The summed E-state index contributed by atoms with van der Waals surface area (Å²) in [6.07, 6.45) is 0.0415. The smallest absolute Gasteiger partial charge is 0.247 e. The number of nitrogens with zero attached hydrogens (tertiary/aromatic N) is 1. The van der Waals surface area contributed by atoms with Crippen LogP contribution in [-0.4, -0.2) is 42.6 Å². The minimum absolute atomic E-state index is 0.0384. The number of hydrogen-bond donors (Lipinski definition) is 1. The second-order valence-corrected chi connectivity index (χ2v) is 7.55. The molecule has 8 nitrogen and oxygen atoms in total. The molecular formula is C20H18N2O6S. The van der Waals surface area contributed by atoms with Gasteiger partial charge in [-0.05, 0) is 24.3 Å². The third-order valence-electron chi connectivity index (χ3n) is 4.52. The van der Waals surface area contributed by atoms with Crippen molar-refractivity contribution in [2.24, 2.45) is 0 Å². The van der Waals surface area contributed by atoms with Gasteiger partial charge in [-0.15, -0.1) is 11.8 Å². The Balaban J connectivity index is 1.38. The van der Waals surface area contributed by atoms with E-state index in [1.165, 1.54) is 7.11 Å². The summed E-state index contributed by atoms with van der Waals surface area (Å²) in [6.45, 7) is 0.112. The fourth-order valence-corrected chi connectivity index (χ4v) is 4.07. The van der Waals surface area contributed by atoms with Crippen LogP contribution in [0.4, 0.5) is 11.4 Å². The lowest BCUT2D eigenvalue weighted by Gasteiger charge is -2.15. The van der Waals surface area contributed by atoms with Crippen molar-refractivity contribution in [2.45, 2.75) is 11.7 Å². The van der Waals surface area contributed by atoms with Gasteiger partial charge >= 0.3 is 0 Å². The highest BCUT2D eigenvalue weighted by Crippen LogP contribution is 2.38. The molecule has 9 heteroatoms. The number of anilines is 2. The monoisotopic (exact) mass is 414 g/mol. The summed E-state index contributed by atoms with van der Waals surface area (Å²) in [5.41, 5.74) is 0.988. The average molecular weight is 414 g/mol. The molecule has 1 atom stereocenters. The van der Waals surface area contributed by atoms with Crippen molar-refractivity contribution in [2.75, 3.05) is 29.9 Å². The van der Waals surface area contributed by atoms with E-state index < -0.39 is 5.25 Å². The van der Waals surface area contributed by atoms with Crippen molar-refractivity contribution in [3.8, 4) is 17.2 Å². The van der Waals surface area contributed by atoms with E-state index in [-0.39, 0.29) is 36.7 Å². The Labute approximate surface area is 171 Å². The average Bonchev–Trinajstić information content (AvgIpc) is 3.30. The molecule has 0 saturated carbocycles. The number of ether oxygens (including phenoxy) is 3. The third kappa shape index (κ3) is 3.86. The van der Waals surface area contributed by atoms with Crippen molar-refractivity contribution in [3.05, 3.63) is 42.5 Å². The number of benzene rings is 2. The molecular weight excluding hydrogens is 396 g/mol. The Morgan fingerprint density at radius 1 is 1.21 bits per heavy atom. The number of para-hydroxylation sites is 2. The lowest BCUT2D eigenvalue weighted by atomic mass is 10.2. The molecule has 150 valence electrons. The molecule has 0 bridgehead atoms. The molecule has 1 saturated heterocycles. The summed E-state index contributed by atoms with van der Waals surface area (Å²) in [4.78, 5) is 38.6. The maximum Gasteiger partial charge on any atom is 0.247 e. The summed E-state index contributed by atoms with van der Waals surface area (Å²) in [6, 6.07) is 12.0. The summed E-state index contributed by atoms with van der Waals surface area (Å²) < 4.78 is 15.8. The maximum absolute atomic E-state index is 12.7. The van der Waals surface area contributed by atoms with Gasteiger partial charge in [0.15, 0.2) is 11.5 Å². The molecule has 29 heavy (non-hydrogen) atoms. The van der Waals surface area contributed by atoms with Crippen molar-refractivity contribution in [1.29, 1.82) is 0 Å². The Kier molecular flexibility index (Phi) is 5.30. The quantitative estimate of drug-likeness (QED) is 0.726. The normalized spacial score (nSPS) is 17.6. The fourth-order valence-electron chi connectivity index (χ4n) is 3.14. The summed E-state index contributed by atoms with van der Waals surface area (Å²) in [5.74, 6) is 0.729. The number of rotatable bonds is 6. The SMILES string of the molecule is COc1ccccc1NC(=O)CS[C@@H]1CC(=O)N(c2ccc3c(c2)OCO3)C1=O. The highest BCUT2D eigenvalue weighted by molar-refractivity contribution is 8.01. The predicted octanol–water partition coefficient (Wildman–Crippen LogP) is 2.43. The van der Waals surface area contributed by atoms with Crippen LogP contribution >= 0.6 is 11.8 Å². The minimum Gasteiger partial charge on any atom is -0.495 e. The van der Waals surface area contributed by atoms with Crippen molar-refractivity contribution < 1.29 is 28.6 Å². The topological polar surface area (TPSA) is 94.2 Å². The Bertz CT molecular complexity index is 979. The zero-order valence-corrected chi connectivity index (χ0v) is 16.4. The summed E-state index contributed by atoms with van der Waals surface area (Å²) in [5, 5.41) is 2.14. The van der Waals surface area contributed by atoms with Gasteiger partial charge in [-0.3, -0.25) is 14.4 Å². The predicted molar refractivity (Wildman–Crippen MR) is 108 cm³/mol.